The van der Waals surface area contributed by atoms with Crippen molar-refractivity contribution in [1.82, 2.24) is 29.8 Å². The lowest BCUT2D eigenvalue weighted by Crippen LogP contribution is -2.41. The van der Waals surface area contributed by atoms with E-state index >= 15 is 0 Å². The maximum Gasteiger partial charge on any atom is 0.247 e. The van der Waals surface area contributed by atoms with Crippen LogP contribution in [-0.4, -0.2) is 48.3 Å². The average Bonchev–Trinajstić information content (AvgIpc) is 3.24. The third kappa shape index (κ3) is 4.12. The molecule has 35 heavy (non-hydrogen) atoms. The number of rotatable bonds is 6. The van der Waals surface area contributed by atoms with Gasteiger partial charge in [-0.25, -0.2) is 9.50 Å². The second kappa shape index (κ2) is 8.35. The third-order valence-corrected chi connectivity index (χ3v) is 6.28. The molecule has 12 heteroatoms. The number of pyridine rings is 1. The zero-order valence-electron chi connectivity index (χ0n) is 18.5. The average molecular weight is 472 g/mol. The van der Waals surface area contributed by atoms with E-state index in [4.69, 9.17) is 4.98 Å². The second-order valence-electron chi connectivity index (χ2n) is 8.79. The minimum atomic E-state index is -0.683. The first-order chi connectivity index (χ1) is 17.1. The van der Waals surface area contributed by atoms with Gasteiger partial charge in [0, 0.05) is 30.4 Å². The lowest BCUT2D eigenvalue weighted by Gasteiger charge is -2.24. The number of hydrogen-bond acceptors (Lipinski definition) is 8. The molecule has 2 atom stereocenters. The van der Waals surface area contributed by atoms with E-state index in [1.54, 1.807) is 15.6 Å². The van der Waals surface area contributed by atoms with Crippen LogP contribution in [0.4, 0.5) is 27.7 Å². The number of aromatic amines is 1. The van der Waals surface area contributed by atoms with Gasteiger partial charge in [0.1, 0.15) is 11.6 Å². The van der Waals surface area contributed by atoms with Crippen molar-refractivity contribution >= 4 is 34.7 Å². The fourth-order valence-corrected chi connectivity index (χ4v) is 4.34. The van der Waals surface area contributed by atoms with Crippen LogP contribution in [0.5, 0.6) is 0 Å². The molecule has 6 rings (SSSR count). The Morgan fingerprint density at radius 3 is 2.94 bits per heavy atom. The molecule has 1 aliphatic heterocycles. The molecule has 2 aliphatic rings. The quantitative estimate of drug-likeness (QED) is 0.364. The number of amides is 1. The van der Waals surface area contributed by atoms with Crippen molar-refractivity contribution in [3.05, 3.63) is 54.4 Å². The van der Waals surface area contributed by atoms with Gasteiger partial charge >= 0.3 is 0 Å². The smallest absolute Gasteiger partial charge is 0.247 e. The van der Waals surface area contributed by atoms with Gasteiger partial charge in [-0.15, -0.1) is 5.10 Å². The predicted molar refractivity (Wildman–Crippen MR) is 125 cm³/mol. The molecule has 1 saturated heterocycles. The van der Waals surface area contributed by atoms with Crippen molar-refractivity contribution in [2.24, 2.45) is 5.92 Å². The van der Waals surface area contributed by atoms with Crippen molar-refractivity contribution < 1.29 is 9.18 Å². The van der Waals surface area contributed by atoms with Gasteiger partial charge in [-0.1, -0.05) is 0 Å². The van der Waals surface area contributed by atoms with Crippen LogP contribution >= 0.6 is 0 Å². The number of H-pyrrole nitrogens is 1. The monoisotopic (exact) mass is 472 g/mol. The van der Waals surface area contributed by atoms with Gasteiger partial charge in [0.2, 0.25) is 17.8 Å². The molecule has 11 nitrogen and oxygen atoms in total. The SMILES string of the molecule is N#C[C@@H]1C[C@@H](C(=O)Nc2ccc(F)nc2)N(c2nc(Nc3cc(C4CC4)[nH]n3)c3cccn3n2)C1. The first-order valence-electron chi connectivity index (χ1n) is 11.3. The second-order valence-corrected chi connectivity index (χ2v) is 8.79. The highest BCUT2D eigenvalue weighted by atomic mass is 19.1. The first kappa shape index (κ1) is 21.0. The Balaban J connectivity index is 1.31. The third-order valence-electron chi connectivity index (χ3n) is 6.28. The number of nitrogens with zero attached hydrogens (tertiary/aromatic N) is 7. The van der Waals surface area contributed by atoms with Crippen LogP contribution in [0.2, 0.25) is 0 Å². The lowest BCUT2D eigenvalue weighted by atomic mass is 10.1. The molecule has 2 fully saturated rings. The van der Waals surface area contributed by atoms with Gasteiger partial charge in [-0.2, -0.15) is 19.7 Å². The Morgan fingerprint density at radius 1 is 1.29 bits per heavy atom. The van der Waals surface area contributed by atoms with E-state index in [2.05, 4.69) is 37.0 Å². The molecular formula is C23H21FN10O. The van der Waals surface area contributed by atoms with Crippen LogP contribution in [0, 0.1) is 23.2 Å². The molecule has 0 unspecified atom stereocenters. The standard InChI is InChI=1S/C23H21FN10O/c24-19-6-5-15(11-26-19)27-22(35)18-8-13(10-25)12-33(18)23-29-21(17-2-1-7-34(17)32-23)28-20-9-16(30-31-20)14-3-4-14/h1-2,5-7,9,11,13-14,18H,3-4,8,12H2,(H,27,35)(H2,28,29,30,31,32)/t13-,18-/m0/s1. The summed E-state index contributed by atoms with van der Waals surface area (Å²) in [4.78, 5) is 23.1. The number of aromatic nitrogens is 6. The molecule has 4 aromatic heterocycles. The summed E-state index contributed by atoms with van der Waals surface area (Å²) in [5.41, 5.74) is 2.21. The molecule has 4 aromatic rings. The normalized spacial score (nSPS) is 19.6. The van der Waals surface area contributed by atoms with Gasteiger partial charge in [-0.3, -0.25) is 9.89 Å². The van der Waals surface area contributed by atoms with Crippen LogP contribution in [0.25, 0.3) is 5.52 Å². The number of carbonyl (C=O) groups excluding carboxylic acids is 1. The number of fused-ring (bicyclic) bond motifs is 1. The van der Waals surface area contributed by atoms with E-state index in [0.717, 1.165) is 24.1 Å². The number of nitrogens with one attached hydrogen (secondary N) is 3. The summed E-state index contributed by atoms with van der Waals surface area (Å²) in [6, 6.07) is 9.89. The molecule has 1 aliphatic carbocycles. The van der Waals surface area contributed by atoms with Crippen molar-refractivity contribution in [3.63, 3.8) is 0 Å². The van der Waals surface area contributed by atoms with Gasteiger partial charge < -0.3 is 15.5 Å². The zero-order valence-corrected chi connectivity index (χ0v) is 18.5. The van der Waals surface area contributed by atoms with Crippen molar-refractivity contribution in [2.75, 3.05) is 22.1 Å². The van der Waals surface area contributed by atoms with E-state index in [0.29, 0.717) is 42.2 Å². The first-order valence-corrected chi connectivity index (χ1v) is 11.3. The Hall–Kier alpha value is -4.53. The molecule has 0 radical (unpaired) electrons. The summed E-state index contributed by atoms with van der Waals surface area (Å²) in [5.74, 6) is 0.683. The molecule has 0 spiro atoms. The highest BCUT2D eigenvalue weighted by Crippen LogP contribution is 2.40. The fourth-order valence-electron chi connectivity index (χ4n) is 4.34. The van der Waals surface area contributed by atoms with Gasteiger partial charge in [-0.05, 0) is 43.5 Å². The Kier molecular flexibility index (Phi) is 5.02. The summed E-state index contributed by atoms with van der Waals surface area (Å²) < 4.78 is 14.8. The largest absolute Gasteiger partial charge is 0.326 e. The van der Waals surface area contributed by atoms with E-state index in [-0.39, 0.29) is 11.8 Å². The van der Waals surface area contributed by atoms with Crippen LogP contribution in [0.15, 0.2) is 42.7 Å². The Bertz CT molecular complexity index is 1430. The molecule has 0 bridgehead atoms. The van der Waals surface area contributed by atoms with E-state index < -0.39 is 12.0 Å². The molecule has 1 saturated carbocycles. The lowest BCUT2D eigenvalue weighted by molar-refractivity contribution is -0.117. The van der Waals surface area contributed by atoms with Crippen LogP contribution in [-0.2, 0) is 4.79 Å². The summed E-state index contributed by atoms with van der Waals surface area (Å²) in [6.45, 7) is 0.302. The van der Waals surface area contributed by atoms with Gasteiger partial charge in [0.15, 0.2) is 11.6 Å². The van der Waals surface area contributed by atoms with E-state index in [9.17, 15) is 14.4 Å². The zero-order chi connectivity index (χ0) is 23.9. The number of anilines is 4. The van der Waals surface area contributed by atoms with Gasteiger partial charge in [0.05, 0.1) is 23.9 Å². The topological polar surface area (TPSA) is 140 Å². The summed E-state index contributed by atoms with van der Waals surface area (Å²) in [6.07, 6.45) is 5.68. The minimum absolute atomic E-state index is 0.302. The number of hydrogen-bond donors (Lipinski definition) is 3. The van der Waals surface area contributed by atoms with Crippen LogP contribution in [0.3, 0.4) is 0 Å². The molecule has 176 valence electrons. The van der Waals surface area contributed by atoms with Crippen molar-refractivity contribution in [2.45, 2.75) is 31.2 Å². The highest BCUT2D eigenvalue weighted by molar-refractivity contribution is 5.97. The number of carbonyl (C=O) groups is 1. The number of nitriles is 1. The van der Waals surface area contributed by atoms with Gasteiger partial charge in [0.25, 0.3) is 0 Å². The highest BCUT2D eigenvalue weighted by Gasteiger charge is 2.39. The molecule has 0 aromatic carbocycles. The number of halogens is 1. The van der Waals surface area contributed by atoms with E-state index in [1.165, 1.54) is 18.3 Å². The van der Waals surface area contributed by atoms with E-state index in [1.807, 2.05) is 18.2 Å². The Labute approximate surface area is 199 Å². The summed E-state index contributed by atoms with van der Waals surface area (Å²) in [7, 11) is 0. The van der Waals surface area contributed by atoms with Crippen molar-refractivity contribution in [3.8, 4) is 6.07 Å². The summed E-state index contributed by atoms with van der Waals surface area (Å²) >= 11 is 0. The fraction of sp³-hybridized carbons (Fsp3) is 0.304. The molecule has 5 heterocycles. The molecular weight excluding hydrogens is 451 g/mol. The Morgan fingerprint density at radius 2 is 2.17 bits per heavy atom. The van der Waals surface area contributed by atoms with Crippen molar-refractivity contribution in [1.29, 1.82) is 5.26 Å². The molecule has 1 amide bonds. The maximum absolute atomic E-state index is 13.1. The van der Waals surface area contributed by atoms with Crippen LogP contribution < -0.4 is 15.5 Å². The molecule has 3 N–H and O–H groups in total. The maximum atomic E-state index is 13.1. The summed E-state index contributed by atoms with van der Waals surface area (Å²) in [5, 5.41) is 27.6. The predicted octanol–water partition coefficient (Wildman–Crippen LogP) is 2.96. The minimum Gasteiger partial charge on any atom is -0.326 e. The van der Waals surface area contributed by atoms with Crippen LogP contribution in [0.1, 0.15) is 30.9 Å².